The van der Waals surface area contributed by atoms with Crippen molar-refractivity contribution in [3.63, 3.8) is 0 Å². The summed E-state index contributed by atoms with van der Waals surface area (Å²) in [6, 6.07) is 9.01. The van der Waals surface area contributed by atoms with Crippen LogP contribution in [-0.4, -0.2) is 71.5 Å². The highest BCUT2D eigenvalue weighted by Crippen LogP contribution is 2.42. The van der Waals surface area contributed by atoms with Crippen LogP contribution in [0.5, 0.6) is 5.75 Å². The summed E-state index contributed by atoms with van der Waals surface area (Å²) >= 11 is 0. The highest BCUT2D eigenvalue weighted by Gasteiger charge is 2.42. The molecule has 13 heteroatoms. The van der Waals surface area contributed by atoms with Crippen molar-refractivity contribution in [1.82, 2.24) is 14.9 Å². The number of carboxylic acid groups (broad SMARTS) is 1. The Morgan fingerprint density at radius 2 is 1.77 bits per heavy atom. The van der Waals surface area contributed by atoms with Gasteiger partial charge in [-0.1, -0.05) is 17.7 Å². The Bertz CT molecular complexity index is 1690. The van der Waals surface area contributed by atoms with Crippen molar-refractivity contribution in [2.45, 2.75) is 76.4 Å². The summed E-state index contributed by atoms with van der Waals surface area (Å²) in [4.78, 5) is 37.9. The lowest BCUT2D eigenvalue weighted by Crippen LogP contribution is -2.52. The fourth-order valence-electron chi connectivity index (χ4n) is 6.98. The van der Waals surface area contributed by atoms with E-state index in [9.17, 15) is 27.9 Å². The van der Waals surface area contributed by atoms with Crippen LogP contribution in [-0.2, 0) is 27.0 Å². The molecule has 3 fully saturated rings. The second kappa shape index (κ2) is 13.3. The average Bonchev–Trinajstić information content (AvgIpc) is 3.32. The van der Waals surface area contributed by atoms with E-state index in [0.29, 0.717) is 54.4 Å². The van der Waals surface area contributed by atoms with Gasteiger partial charge in [-0.25, -0.2) is 14.8 Å². The molecule has 1 N–H and O–H groups in total. The molecule has 2 saturated heterocycles. The molecule has 2 aliphatic heterocycles. The van der Waals surface area contributed by atoms with Gasteiger partial charge in [0.25, 0.3) is 0 Å². The quantitative estimate of drug-likeness (QED) is 0.264. The van der Waals surface area contributed by atoms with E-state index in [2.05, 4.69) is 4.98 Å². The van der Waals surface area contributed by atoms with E-state index in [1.165, 1.54) is 4.90 Å². The third-order valence-corrected chi connectivity index (χ3v) is 9.85. The monoisotopic (exact) mass is 668 g/mol. The van der Waals surface area contributed by atoms with Crippen LogP contribution in [0.1, 0.15) is 72.6 Å². The van der Waals surface area contributed by atoms with E-state index in [1.54, 1.807) is 40.3 Å². The molecule has 6 rings (SSSR count). The summed E-state index contributed by atoms with van der Waals surface area (Å²) < 4.78 is 57.8. The van der Waals surface area contributed by atoms with Crippen molar-refractivity contribution < 1.29 is 42.1 Å². The van der Waals surface area contributed by atoms with Crippen LogP contribution in [0, 0.1) is 12.8 Å². The summed E-state index contributed by atoms with van der Waals surface area (Å²) in [7, 11) is 3.21. The van der Waals surface area contributed by atoms with Gasteiger partial charge < -0.3 is 24.2 Å². The Morgan fingerprint density at radius 1 is 1.04 bits per heavy atom. The summed E-state index contributed by atoms with van der Waals surface area (Å²) in [6.45, 7) is 4.55. The van der Waals surface area contributed by atoms with Crippen molar-refractivity contribution in [3.8, 4) is 16.9 Å². The molecular formula is C35H39F3N4O6. The topological polar surface area (TPSA) is 114 Å². The molecule has 48 heavy (non-hydrogen) atoms. The summed E-state index contributed by atoms with van der Waals surface area (Å²) in [5.74, 6) is 0.121. The number of aliphatic carboxylic acids is 1. The number of alkyl halides is 3. The Labute approximate surface area is 276 Å². The predicted octanol–water partition coefficient (Wildman–Crippen LogP) is 6.75. The molecule has 1 aliphatic carbocycles. The lowest BCUT2D eigenvalue weighted by atomic mass is 9.78. The number of rotatable bonds is 9. The van der Waals surface area contributed by atoms with E-state index in [1.807, 2.05) is 23.1 Å². The number of aromatic nitrogens is 2. The fraction of sp³-hybridized carbons (Fsp3) is 0.486. The number of benzene rings is 2. The van der Waals surface area contributed by atoms with Gasteiger partial charge in [0.05, 0.1) is 43.0 Å². The second-order valence-corrected chi connectivity index (χ2v) is 12.9. The number of ether oxygens (including phenoxy) is 3. The molecule has 1 aromatic heterocycles. The number of anilines is 1. The second-order valence-electron chi connectivity index (χ2n) is 12.9. The largest absolute Gasteiger partial charge is 0.496 e. The number of amides is 1. The summed E-state index contributed by atoms with van der Waals surface area (Å²) in [6.07, 6.45) is -1.67. The van der Waals surface area contributed by atoms with Crippen LogP contribution in [0.25, 0.3) is 11.1 Å². The van der Waals surface area contributed by atoms with Crippen molar-refractivity contribution in [2.75, 3.05) is 32.2 Å². The van der Waals surface area contributed by atoms with E-state index in [4.69, 9.17) is 19.2 Å². The summed E-state index contributed by atoms with van der Waals surface area (Å²) in [5, 5.41) is 9.47. The average molecular weight is 669 g/mol. The van der Waals surface area contributed by atoms with Gasteiger partial charge in [0.15, 0.2) is 0 Å². The maximum atomic E-state index is 13.6. The van der Waals surface area contributed by atoms with E-state index in [0.717, 1.165) is 36.1 Å². The number of hydrogen-bond donors (Lipinski definition) is 1. The van der Waals surface area contributed by atoms with Crippen molar-refractivity contribution in [1.29, 1.82) is 0 Å². The minimum absolute atomic E-state index is 0.0119. The van der Waals surface area contributed by atoms with Crippen LogP contribution in [0.15, 0.2) is 42.6 Å². The standard InChI is InChI=1S/C35H39F3N4O6/c1-19-11-24(13-25(12-19)35(36,37)38)31-20(2)42(34(45)48-31)18-29-28(15-39-33(40-29)41-16-26(17-41)46-3)27-14-23(9-10-30(27)47-4)21-5-7-22(8-6-21)32(43)44/h9-15,20-22,26,31H,5-8,16-18H2,1-4H3,(H,43,44)/t20-,21?,22?,31-/m0/s1. The van der Waals surface area contributed by atoms with Crippen molar-refractivity contribution >= 4 is 18.0 Å². The molecule has 0 spiro atoms. The van der Waals surface area contributed by atoms with E-state index >= 15 is 0 Å². The van der Waals surface area contributed by atoms with Gasteiger partial charge in [-0.2, -0.15) is 13.2 Å². The molecule has 0 radical (unpaired) electrons. The fourth-order valence-corrected chi connectivity index (χ4v) is 6.98. The number of aryl methyl sites for hydroxylation is 1. The predicted molar refractivity (Wildman–Crippen MR) is 170 cm³/mol. The number of hydrogen-bond acceptors (Lipinski definition) is 8. The molecule has 2 atom stereocenters. The first-order valence-electron chi connectivity index (χ1n) is 16.1. The molecule has 0 unspecified atom stereocenters. The number of halogens is 3. The SMILES string of the molecule is COc1ccc(C2CCC(C(=O)O)CC2)cc1-c1cnc(N2CC(OC)C2)nc1CN1C(=O)O[C@H](c2cc(C)cc(C(F)(F)F)c2)[C@@H]1C. The number of cyclic esters (lactones) is 1. The number of carboxylic acids is 1. The van der Waals surface area contributed by atoms with Crippen LogP contribution in [0.4, 0.5) is 23.9 Å². The highest BCUT2D eigenvalue weighted by atomic mass is 19.4. The van der Waals surface area contributed by atoms with E-state index in [-0.39, 0.29) is 30.0 Å². The molecule has 3 aliphatic rings. The lowest BCUT2D eigenvalue weighted by Gasteiger charge is -2.38. The third kappa shape index (κ3) is 6.65. The van der Waals surface area contributed by atoms with Gasteiger partial charge in [0, 0.05) is 37.5 Å². The van der Waals surface area contributed by atoms with Gasteiger partial charge in [0.2, 0.25) is 5.95 Å². The van der Waals surface area contributed by atoms with Gasteiger partial charge in [-0.05, 0) is 80.8 Å². The van der Waals surface area contributed by atoms with Crippen molar-refractivity contribution in [3.05, 3.63) is 70.5 Å². The number of methoxy groups -OCH3 is 2. The zero-order valence-electron chi connectivity index (χ0n) is 27.3. The zero-order valence-corrected chi connectivity index (χ0v) is 27.3. The van der Waals surface area contributed by atoms with Crippen LogP contribution in [0.2, 0.25) is 0 Å². The minimum Gasteiger partial charge on any atom is -0.496 e. The number of nitrogens with zero attached hydrogens (tertiary/aromatic N) is 4. The minimum atomic E-state index is -4.54. The number of carbonyl (C=O) groups excluding carboxylic acids is 1. The lowest BCUT2D eigenvalue weighted by molar-refractivity contribution is -0.143. The Kier molecular flexibility index (Phi) is 9.25. The molecule has 3 aromatic rings. The molecule has 2 aromatic carbocycles. The van der Waals surface area contributed by atoms with Crippen LogP contribution >= 0.6 is 0 Å². The molecular weight excluding hydrogens is 629 g/mol. The molecule has 10 nitrogen and oxygen atoms in total. The van der Waals surface area contributed by atoms with E-state index < -0.39 is 35.9 Å². The van der Waals surface area contributed by atoms with Crippen LogP contribution in [0.3, 0.4) is 0 Å². The molecule has 1 amide bonds. The molecule has 3 heterocycles. The van der Waals surface area contributed by atoms with Crippen LogP contribution < -0.4 is 9.64 Å². The highest BCUT2D eigenvalue weighted by molar-refractivity contribution is 5.75. The number of carbonyl (C=O) groups is 2. The van der Waals surface area contributed by atoms with Gasteiger partial charge >= 0.3 is 18.2 Å². The van der Waals surface area contributed by atoms with Gasteiger partial charge in [0.1, 0.15) is 11.9 Å². The Balaban J connectivity index is 1.34. The first-order chi connectivity index (χ1) is 22.9. The Morgan fingerprint density at radius 3 is 2.42 bits per heavy atom. The molecule has 0 bridgehead atoms. The smallest absolute Gasteiger partial charge is 0.416 e. The zero-order chi connectivity index (χ0) is 34.3. The van der Waals surface area contributed by atoms with Gasteiger partial charge in [-0.3, -0.25) is 9.69 Å². The maximum Gasteiger partial charge on any atom is 0.416 e. The molecule has 256 valence electrons. The maximum absolute atomic E-state index is 13.6. The first kappa shape index (κ1) is 33.5. The molecule has 1 saturated carbocycles. The van der Waals surface area contributed by atoms with Gasteiger partial charge in [-0.15, -0.1) is 0 Å². The van der Waals surface area contributed by atoms with Crippen molar-refractivity contribution in [2.24, 2.45) is 5.92 Å². The normalized spacial score (nSPS) is 23.2. The Hall–Kier alpha value is -4.39. The first-order valence-corrected chi connectivity index (χ1v) is 16.1. The third-order valence-electron chi connectivity index (χ3n) is 9.85. The summed E-state index contributed by atoms with van der Waals surface area (Å²) in [5.41, 5.74) is 2.82.